The minimum absolute atomic E-state index is 0.144. The molecule has 0 fully saturated rings. The van der Waals surface area contributed by atoms with Crippen LogP contribution in [0.5, 0.6) is 0 Å². The predicted octanol–water partition coefficient (Wildman–Crippen LogP) is 3.30. The number of amidine groups is 1. The van der Waals surface area contributed by atoms with Gasteiger partial charge in [-0.15, -0.1) is 0 Å². The van der Waals surface area contributed by atoms with Crippen molar-refractivity contribution in [2.45, 2.75) is 13.1 Å². The quantitative estimate of drug-likeness (QED) is 0.231. The molecule has 150 valence electrons. The van der Waals surface area contributed by atoms with Crippen LogP contribution >= 0.6 is 0 Å². The molecule has 10 heteroatoms. The number of hydrazine groups is 1. The number of alkyl halides is 3. The maximum atomic E-state index is 12.9. The molecule has 29 heavy (non-hydrogen) atoms. The van der Waals surface area contributed by atoms with Crippen LogP contribution in [0.25, 0.3) is 11.1 Å². The lowest BCUT2D eigenvalue weighted by atomic mass is 10.00. The van der Waals surface area contributed by atoms with Gasteiger partial charge in [0, 0.05) is 17.4 Å². The standard InChI is InChI=1S/C19H18F3N7/c1-11-7-14(12-3-2-4-13(9-12)17(28-23)29-24)10-15(8-11)26-18-25-6-5-16(27-18)19(20,21)22/h2-10H,23-24H2,1H3,(H,28,29)(H,25,26,27). The van der Waals surface area contributed by atoms with Gasteiger partial charge in [0.05, 0.1) is 0 Å². The maximum Gasteiger partial charge on any atom is 0.433 e. The maximum absolute atomic E-state index is 12.9. The fourth-order valence-electron chi connectivity index (χ4n) is 2.77. The van der Waals surface area contributed by atoms with Gasteiger partial charge in [-0.2, -0.15) is 18.3 Å². The SMILES string of the molecule is Cc1cc(Nc2nccc(C(F)(F)F)n2)cc(-c2cccc(/C(=N/N)NN)c2)c1. The molecule has 3 aromatic rings. The second-order valence-electron chi connectivity index (χ2n) is 6.18. The van der Waals surface area contributed by atoms with E-state index in [-0.39, 0.29) is 5.95 Å². The monoisotopic (exact) mass is 401 g/mol. The zero-order valence-electron chi connectivity index (χ0n) is 15.3. The van der Waals surface area contributed by atoms with Crippen molar-refractivity contribution in [1.29, 1.82) is 0 Å². The van der Waals surface area contributed by atoms with Gasteiger partial charge in [0.25, 0.3) is 0 Å². The van der Waals surface area contributed by atoms with Crippen LogP contribution in [0.15, 0.2) is 59.8 Å². The van der Waals surface area contributed by atoms with Crippen molar-refractivity contribution in [3.8, 4) is 11.1 Å². The van der Waals surface area contributed by atoms with E-state index in [2.05, 4.69) is 25.8 Å². The van der Waals surface area contributed by atoms with Gasteiger partial charge in [-0.1, -0.05) is 24.3 Å². The molecule has 2 aromatic carbocycles. The summed E-state index contributed by atoms with van der Waals surface area (Å²) in [5.41, 5.74) is 5.21. The largest absolute Gasteiger partial charge is 0.433 e. The molecule has 3 rings (SSSR count). The molecule has 0 amide bonds. The first-order valence-corrected chi connectivity index (χ1v) is 8.44. The first-order valence-electron chi connectivity index (χ1n) is 8.44. The normalized spacial score (nSPS) is 12.0. The lowest BCUT2D eigenvalue weighted by Crippen LogP contribution is -2.32. The van der Waals surface area contributed by atoms with E-state index in [9.17, 15) is 13.2 Å². The summed E-state index contributed by atoms with van der Waals surface area (Å²) < 4.78 is 38.6. The molecular formula is C19H18F3N7. The van der Waals surface area contributed by atoms with Crippen molar-refractivity contribution < 1.29 is 13.2 Å². The van der Waals surface area contributed by atoms with Gasteiger partial charge in [-0.3, -0.25) is 0 Å². The third kappa shape index (κ3) is 4.79. The molecule has 0 aliphatic carbocycles. The van der Waals surface area contributed by atoms with Crippen LogP contribution in [0.2, 0.25) is 0 Å². The van der Waals surface area contributed by atoms with E-state index in [1.54, 1.807) is 18.2 Å². The molecule has 0 spiro atoms. The number of hydrogen-bond donors (Lipinski definition) is 4. The molecule has 0 radical (unpaired) electrons. The number of halogens is 3. The Kier molecular flexibility index (Phi) is 5.64. The van der Waals surface area contributed by atoms with Crippen LogP contribution in [-0.2, 0) is 6.18 Å². The van der Waals surface area contributed by atoms with Crippen LogP contribution in [-0.4, -0.2) is 15.8 Å². The van der Waals surface area contributed by atoms with Gasteiger partial charge in [-0.05, 0) is 47.9 Å². The molecule has 1 heterocycles. The van der Waals surface area contributed by atoms with Gasteiger partial charge < -0.3 is 16.6 Å². The van der Waals surface area contributed by atoms with Crippen LogP contribution < -0.4 is 22.4 Å². The number of aryl methyl sites for hydroxylation is 1. The number of rotatable bonds is 4. The number of nitrogens with two attached hydrogens (primary N) is 2. The molecule has 6 N–H and O–H groups in total. The minimum Gasteiger partial charge on any atom is -0.324 e. The molecule has 0 unspecified atom stereocenters. The molecule has 0 bridgehead atoms. The molecule has 0 saturated carbocycles. The van der Waals surface area contributed by atoms with Crippen LogP contribution in [0.1, 0.15) is 16.8 Å². The minimum atomic E-state index is -4.54. The fraction of sp³-hybridized carbons (Fsp3) is 0.105. The second kappa shape index (κ2) is 8.15. The van der Waals surface area contributed by atoms with Gasteiger partial charge in [0.2, 0.25) is 5.95 Å². The number of benzene rings is 2. The Morgan fingerprint density at radius 3 is 2.55 bits per heavy atom. The zero-order valence-corrected chi connectivity index (χ0v) is 15.3. The highest BCUT2D eigenvalue weighted by molar-refractivity contribution is 5.99. The van der Waals surface area contributed by atoms with E-state index in [0.717, 1.165) is 29.0 Å². The van der Waals surface area contributed by atoms with E-state index in [4.69, 9.17) is 11.7 Å². The number of hydrazone groups is 1. The molecule has 0 atom stereocenters. The van der Waals surface area contributed by atoms with Crippen LogP contribution in [0, 0.1) is 6.92 Å². The van der Waals surface area contributed by atoms with E-state index in [1.165, 1.54) is 0 Å². The second-order valence-corrected chi connectivity index (χ2v) is 6.18. The van der Waals surface area contributed by atoms with Gasteiger partial charge in [0.15, 0.2) is 5.84 Å². The van der Waals surface area contributed by atoms with E-state index >= 15 is 0 Å². The van der Waals surface area contributed by atoms with Gasteiger partial charge >= 0.3 is 6.18 Å². The number of nitrogens with zero attached hydrogens (tertiary/aromatic N) is 3. The molecule has 0 saturated heterocycles. The van der Waals surface area contributed by atoms with Crippen LogP contribution in [0.3, 0.4) is 0 Å². The zero-order chi connectivity index (χ0) is 21.0. The number of anilines is 2. The third-order valence-electron chi connectivity index (χ3n) is 4.01. The number of aromatic nitrogens is 2. The Morgan fingerprint density at radius 1 is 1.07 bits per heavy atom. The van der Waals surface area contributed by atoms with Crippen molar-refractivity contribution in [3.63, 3.8) is 0 Å². The lowest BCUT2D eigenvalue weighted by Gasteiger charge is -2.12. The van der Waals surface area contributed by atoms with Gasteiger partial charge in [-0.25, -0.2) is 15.8 Å². The summed E-state index contributed by atoms with van der Waals surface area (Å²) in [5.74, 6) is 10.9. The van der Waals surface area contributed by atoms with Crippen molar-refractivity contribution in [3.05, 3.63) is 71.5 Å². The summed E-state index contributed by atoms with van der Waals surface area (Å²) in [6.07, 6.45) is -3.48. The highest BCUT2D eigenvalue weighted by atomic mass is 19.4. The summed E-state index contributed by atoms with van der Waals surface area (Å²) in [7, 11) is 0. The van der Waals surface area contributed by atoms with Crippen molar-refractivity contribution in [1.82, 2.24) is 15.4 Å². The van der Waals surface area contributed by atoms with Crippen molar-refractivity contribution in [2.75, 3.05) is 5.32 Å². The summed E-state index contributed by atoms with van der Waals surface area (Å²) in [4.78, 5) is 7.40. The first kappa shape index (κ1) is 20.1. The van der Waals surface area contributed by atoms with Gasteiger partial charge in [0.1, 0.15) is 5.69 Å². The van der Waals surface area contributed by atoms with E-state index in [1.807, 2.05) is 31.2 Å². The molecule has 0 aliphatic rings. The molecular weight excluding hydrogens is 383 g/mol. The lowest BCUT2D eigenvalue weighted by molar-refractivity contribution is -0.141. The smallest absolute Gasteiger partial charge is 0.324 e. The highest BCUT2D eigenvalue weighted by Gasteiger charge is 2.32. The summed E-state index contributed by atoms with van der Waals surface area (Å²) in [6.45, 7) is 1.87. The Hall–Kier alpha value is -3.66. The van der Waals surface area contributed by atoms with Crippen molar-refractivity contribution >= 4 is 17.5 Å². The predicted molar refractivity (Wildman–Crippen MR) is 105 cm³/mol. The Morgan fingerprint density at radius 2 is 1.86 bits per heavy atom. The molecule has 7 nitrogen and oxygen atoms in total. The van der Waals surface area contributed by atoms with E-state index in [0.29, 0.717) is 17.1 Å². The summed E-state index contributed by atoms with van der Waals surface area (Å²) in [5, 5.41) is 6.42. The van der Waals surface area contributed by atoms with E-state index < -0.39 is 11.9 Å². The molecule has 0 aliphatic heterocycles. The summed E-state index contributed by atoms with van der Waals surface area (Å²) >= 11 is 0. The first-order chi connectivity index (χ1) is 13.8. The highest BCUT2D eigenvalue weighted by Crippen LogP contribution is 2.29. The number of hydrogen-bond acceptors (Lipinski definition) is 6. The van der Waals surface area contributed by atoms with Crippen LogP contribution in [0.4, 0.5) is 24.8 Å². The average Bonchev–Trinajstić information content (AvgIpc) is 2.68. The fourth-order valence-corrected chi connectivity index (χ4v) is 2.77. The third-order valence-corrected chi connectivity index (χ3v) is 4.01. The Labute approximate surface area is 164 Å². The molecule has 1 aromatic heterocycles. The Balaban J connectivity index is 1.95. The average molecular weight is 401 g/mol. The number of nitrogens with one attached hydrogen (secondary N) is 2. The topological polar surface area (TPSA) is 114 Å². The van der Waals surface area contributed by atoms with Crippen molar-refractivity contribution in [2.24, 2.45) is 16.8 Å². The Bertz CT molecular complexity index is 1050. The summed E-state index contributed by atoms with van der Waals surface area (Å²) in [6, 6.07) is 13.7.